The van der Waals surface area contributed by atoms with Crippen molar-refractivity contribution in [3.63, 3.8) is 0 Å². The number of benzene rings is 1. The van der Waals surface area contributed by atoms with Gasteiger partial charge in [-0.1, -0.05) is 12.1 Å². The molecule has 0 amide bonds. The number of nitrogen functional groups attached to an aromatic ring is 1. The summed E-state index contributed by atoms with van der Waals surface area (Å²) in [6, 6.07) is 9.62. The number of rotatable bonds is 3. The Hall–Kier alpha value is -2.18. The van der Waals surface area contributed by atoms with Crippen molar-refractivity contribution in [1.82, 2.24) is 9.97 Å². The number of thiophene rings is 1. The van der Waals surface area contributed by atoms with Crippen molar-refractivity contribution in [3.8, 4) is 16.5 Å². The van der Waals surface area contributed by atoms with E-state index in [1.165, 1.54) is 11.3 Å². The average molecular weight is 272 g/mol. The highest BCUT2D eigenvalue weighted by molar-refractivity contribution is 7.13. The van der Waals surface area contributed by atoms with Crippen LogP contribution < -0.4 is 16.0 Å². The zero-order valence-corrected chi connectivity index (χ0v) is 11.1. The fourth-order valence-corrected chi connectivity index (χ4v) is 2.70. The van der Waals surface area contributed by atoms with Crippen molar-refractivity contribution in [3.05, 3.63) is 35.7 Å². The highest BCUT2D eigenvalue weighted by atomic mass is 32.1. The second kappa shape index (κ2) is 4.83. The van der Waals surface area contributed by atoms with E-state index in [2.05, 4.69) is 15.4 Å². The van der Waals surface area contributed by atoms with Gasteiger partial charge in [-0.25, -0.2) is 15.8 Å². The minimum absolute atomic E-state index is 0.607. The average Bonchev–Trinajstić information content (AvgIpc) is 2.94. The number of fused-ring (bicyclic) bond motifs is 1. The zero-order valence-electron chi connectivity index (χ0n) is 10.3. The predicted octanol–water partition coefficient (Wildman–Crippen LogP) is 2.65. The maximum atomic E-state index is 5.54. The summed E-state index contributed by atoms with van der Waals surface area (Å²) in [5.74, 6) is 7.52. The van der Waals surface area contributed by atoms with Gasteiger partial charge in [-0.2, -0.15) is 0 Å². The van der Waals surface area contributed by atoms with Gasteiger partial charge in [0.1, 0.15) is 10.6 Å². The quantitative estimate of drug-likeness (QED) is 0.566. The Morgan fingerprint density at radius 3 is 2.84 bits per heavy atom. The van der Waals surface area contributed by atoms with Crippen LogP contribution in [-0.4, -0.2) is 17.1 Å². The molecule has 0 aliphatic heterocycles. The summed E-state index contributed by atoms with van der Waals surface area (Å²) in [4.78, 5) is 9.91. The summed E-state index contributed by atoms with van der Waals surface area (Å²) in [5, 5.41) is 2.84. The van der Waals surface area contributed by atoms with Crippen LogP contribution in [0.15, 0.2) is 35.7 Å². The number of hydrazine groups is 1. The molecule has 0 aliphatic rings. The molecule has 0 aliphatic carbocycles. The number of nitrogens with one attached hydrogen (secondary N) is 1. The molecule has 0 atom stereocenters. The van der Waals surface area contributed by atoms with E-state index >= 15 is 0 Å². The molecule has 6 heteroatoms. The Kier molecular flexibility index (Phi) is 3.02. The monoisotopic (exact) mass is 272 g/mol. The normalized spacial score (nSPS) is 10.6. The first-order chi connectivity index (χ1) is 9.33. The predicted molar refractivity (Wildman–Crippen MR) is 77.2 cm³/mol. The van der Waals surface area contributed by atoms with Gasteiger partial charge in [-0.05, 0) is 23.6 Å². The van der Waals surface area contributed by atoms with E-state index in [1.54, 1.807) is 7.11 Å². The number of methoxy groups -OCH3 is 1. The molecule has 0 saturated heterocycles. The topological polar surface area (TPSA) is 73.1 Å². The molecule has 2 aromatic heterocycles. The molecule has 0 fully saturated rings. The number of para-hydroxylation sites is 1. The van der Waals surface area contributed by atoms with Crippen molar-refractivity contribution < 1.29 is 4.74 Å². The molecule has 0 bridgehead atoms. The Labute approximate surface area is 114 Å². The van der Waals surface area contributed by atoms with Gasteiger partial charge in [0, 0.05) is 5.39 Å². The van der Waals surface area contributed by atoms with E-state index in [1.807, 2.05) is 35.7 Å². The van der Waals surface area contributed by atoms with Crippen molar-refractivity contribution in [1.29, 1.82) is 0 Å². The van der Waals surface area contributed by atoms with Gasteiger partial charge in [0.25, 0.3) is 0 Å². The summed E-state index contributed by atoms with van der Waals surface area (Å²) in [5.41, 5.74) is 3.47. The summed E-state index contributed by atoms with van der Waals surface area (Å²) in [6.07, 6.45) is 0. The molecule has 3 N–H and O–H groups in total. The summed E-state index contributed by atoms with van der Waals surface area (Å²) >= 11 is 1.54. The van der Waals surface area contributed by atoms with Gasteiger partial charge in [0.05, 0.1) is 12.6 Å². The largest absolute Gasteiger partial charge is 0.495 e. The molecule has 2 heterocycles. The van der Waals surface area contributed by atoms with Crippen LogP contribution in [0, 0.1) is 0 Å². The van der Waals surface area contributed by atoms with Crippen LogP contribution in [0.3, 0.4) is 0 Å². The van der Waals surface area contributed by atoms with E-state index in [-0.39, 0.29) is 0 Å². The van der Waals surface area contributed by atoms with E-state index in [0.717, 1.165) is 21.5 Å². The molecule has 0 unspecified atom stereocenters. The van der Waals surface area contributed by atoms with E-state index < -0.39 is 0 Å². The number of hydrogen-bond acceptors (Lipinski definition) is 6. The lowest BCUT2D eigenvalue weighted by Gasteiger charge is -2.07. The SMILES string of the molecule is COc1ccsc1-c1nc(NN)c2ccccc2n1. The Morgan fingerprint density at radius 2 is 2.05 bits per heavy atom. The molecular formula is C13H12N4OS. The number of aromatic nitrogens is 2. The van der Waals surface area contributed by atoms with Crippen molar-refractivity contribution in [2.75, 3.05) is 12.5 Å². The number of ether oxygens (including phenoxy) is 1. The van der Waals surface area contributed by atoms with Crippen LogP contribution in [-0.2, 0) is 0 Å². The molecule has 5 nitrogen and oxygen atoms in total. The minimum atomic E-state index is 0.607. The third-order valence-corrected chi connectivity index (χ3v) is 3.68. The summed E-state index contributed by atoms with van der Waals surface area (Å²) < 4.78 is 5.30. The number of anilines is 1. The van der Waals surface area contributed by atoms with E-state index in [9.17, 15) is 0 Å². The zero-order chi connectivity index (χ0) is 13.2. The lowest BCUT2D eigenvalue weighted by atomic mass is 10.2. The van der Waals surface area contributed by atoms with Crippen molar-refractivity contribution >= 4 is 28.1 Å². The van der Waals surface area contributed by atoms with Gasteiger partial charge in [-0.15, -0.1) is 11.3 Å². The Morgan fingerprint density at radius 1 is 1.21 bits per heavy atom. The second-order valence-corrected chi connectivity index (χ2v) is 4.79. The van der Waals surface area contributed by atoms with Gasteiger partial charge in [0.2, 0.25) is 0 Å². The maximum absolute atomic E-state index is 5.54. The smallest absolute Gasteiger partial charge is 0.176 e. The van der Waals surface area contributed by atoms with E-state index in [0.29, 0.717) is 11.6 Å². The standard InChI is InChI=1S/C13H12N4OS/c1-18-10-6-7-19-11(10)13-15-9-5-3-2-4-8(9)12(16-13)17-14/h2-7H,14H2,1H3,(H,15,16,17). The second-order valence-electron chi connectivity index (χ2n) is 3.88. The highest BCUT2D eigenvalue weighted by Crippen LogP contribution is 2.34. The molecule has 96 valence electrons. The van der Waals surface area contributed by atoms with Crippen LogP contribution in [0.2, 0.25) is 0 Å². The van der Waals surface area contributed by atoms with E-state index in [4.69, 9.17) is 10.6 Å². The van der Waals surface area contributed by atoms with Gasteiger partial charge >= 0.3 is 0 Å². The first kappa shape index (κ1) is 11.9. The number of hydrogen-bond donors (Lipinski definition) is 2. The number of nitrogens with two attached hydrogens (primary N) is 1. The Balaban J connectivity index is 2.25. The third-order valence-electron chi connectivity index (χ3n) is 2.79. The third kappa shape index (κ3) is 2.00. The van der Waals surface area contributed by atoms with Crippen molar-refractivity contribution in [2.45, 2.75) is 0 Å². The Bertz CT molecular complexity index is 725. The van der Waals surface area contributed by atoms with Gasteiger partial charge in [-0.3, -0.25) is 0 Å². The first-order valence-electron chi connectivity index (χ1n) is 5.68. The van der Waals surface area contributed by atoms with Crippen LogP contribution in [0.5, 0.6) is 5.75 Å². The first-order valence-corrected chi connectivity index (χ1v) is 6.56. The van der Waals surface area contributed by atoms with Crippen LogP contribution in [0.25, 0.3) is 21.6 Å². The van der Waals surface area contributed by atoms with Gasteiger partial charge in [0.15, 0.2) is 11.6 Å². The lowest BCUT2D eigenvalue weighted by Crippen LogP contribution is -2.10. The highest BCUT2D eigenvalue weighted by Gasteiger charge is 2.13. The molecule has 0 saturated carbocycles. The maximum Gasteiger partial charge on any atom is 0.176 e. The van der Waals surface area contributed by atoms with Crippen LogP contribution in [0.4, 0.5) is 5.82 Å². The molecule has 3 rings (SSSR count). The molecular weight excluding hydrogens is 260 g/mol. The molecule has 0 radical (unpaired) electrons. The van der Waals surface area contributed by atoms with Gasteiger partial charge < -0.3 is 10.2 Å². The van der Waals surface area contributed by atoms with Crippen LogP contribution >= 0.6 is 11.3 Å². The summed E-state index contributed by atoms with van der Waals surface area (Å²) in [6.45, 7) is 0. The van der Waals surface area contributed by atoms with Crippen LogP contribution in [0.1, 0.15) is 0 Å². The lowest BCUT2D eigenvalue weighted by molar-refractivity contribution is 0.418. The fourth-order valence-electron chi connectivity index (χ4n) is 1.91. The molecule has 19 heavy (non-hydrogen) atoms. The molecule has 1 aromatic carbocycles. The summed E-state index contributed by atoms with van der Waals surface area (Å²) in [7, 11) is 1.63. The fraction of sp³-hybridized carbons (Fsp3) is 0.0769. The van der Waals surface area contributed by atoms with Crippen molar-refractivity contribution in [2.24, 2.45) is 5.84 Å². The number of nitrogens with zero attached hydrogens (tertiary/aromatic N) is 2. The molecule has 3 aromatic rings. The minimum Gasteiger partial charge on any atom is -0.495 e. The molecule has 0 spiro atoms.